The van der Waals surface area contributed by atoms with E-state index in [0.717, 1.165) is 0 Å². The van der Waals surface area contributed by atoms with Gasteiger partial charge in [-0.1, -0.05) is 0 Å². The van der Waals surface area contributed by atoms with E-state index >= 15 is 0 Å². The Hall–Kier alpha value is -0.170. The molecule has 2 atom stereocenters. The molecule has 0 radical (unpaired) electrons. The van der Waals surface area contributed by atoms with Crippen LogP contribution in [0.1, 0.15) is 27.7 Å². The van der Waals surface area contributed by atoms with Crippen LogP contribution in [0.5, 0.6) is 0 Å². The van der Waals surface area contributed by atoms with E-state index in [4.69, 9.17) is 9.84 Å². The van der Waals surface area contributed by atoms with Crippen molar-refractivity contribution in [2.24, 2.45) is 0 Å². The summed E-state index contributed by atoms with van der Waals surface area (Å²) in [6.45, 7) is 7.45. The minimum absolute atomic E-state index is 0.121. The van der Waals surface area contributed by atoms with Crippen LogP contribution in [0, 0.1) is 0 Å². The molecule has 1 N–H and O–H groups in total. The van der Waals surface area contributed by atoms with Crippen molar-refractivity contribution in [1.29, 1.82) is 0 Å². The van der Waals surface area contributed by atoms with Gasteiger partial charge in [-0.05, 0) is 27.7 Å². The molecule has 6 heteroatoms. The summed E-state index contributed by atoms with van der Waals surface area (Å²) in [5.74, 6) is 0. The second-order valence-corrected chi connectivity index (χ2v) is 7.37. The first-order chi connectivity index (χ1) is 7.19. The van der Waals surface area contributed by atoms with Crippen LogP contribution in [0.4, 0.5) is 0 Å². The van der Waals surface area contributed by atoms with Crippen molar-refractivity contribution >= 4 is 10.0 Å². The second kappa shape index (κ2) is 4.60. The molecule has 96 valence electrons. The first-order valence-electron chi connectivity index (χ1n) is 5.46. The van der Waals surface area contributed by atoms with Crippen LogP contribution in [0.25, 0.3) is 0 Å². The predicted molar refractivity (Wildman–Crippen MR) is 61.7 cm³/mol. The molecule has 16 heavy (non-hydrogen) atoms. The summed E-state index contributed by atoms with van der Waals surface area (Å²) in [7, 11) is -3.41. The molecule has 0 aromatic rings. The SMILES string of the molecule is CC1CN(S(=O)(=O)C(C)CO)CC(C)(C)O1. The van der Waals surface area contributed by atoms with Crippen molar-refractivity contribution in [2.75, 3.05) is 19.7 Å². The van der Waals surface area contributed by atoms with Gasteiger partial charge in [0.05, 0.1) is 23.6 Å². The third-order valence-corrected chi connectivity index (χ3v) is 4.83. The van der Waals surface area contributed by atoms with Crippen LogP contribution in [0.3, 0.4) is 0 Å². The van der Waals surface area contributed by atoms with Gasteiger partial charge in [0, 0.05) is 13.1 Å². The summed E-state index contributed by atoms with van der Waals surface area (Å²) in [4.78, 5) is 0. The van der Waals surface area contributed by atoms with Gasteiger partial charge in [0.15, 0.2) is 0 Å². The van der Waals surface area contributed by atoms with Gasteiger partial charge < -0.3 is 9.84 Å². The fraction of sp³-hybridized carbons (Fsp3) is 1.00. The van der Waals surface area contributed by atoms with Gasteiger partial charge in [0.25, 0.3) is 0 Å². The molecule has 0 amide bonds. The van der Waals surface area contributed by atoms with Crippen LogP contribution in [0.2, 0.25) is 0 Å². The normalized spacial score (nSPS) is 28.9. The highest BCUT2D eigenvalue weighted by molar-refractivity contribution is 7.89. The van der Waals surface area contributed by atoms with Gasteiger partial charge in [-0.15, -0.1) is 0 Å². The Morgan fingerprint density at radius 1 is 1.56 bits per heavy atom. The molecule has 1 saturated heterocycles. The van der Waals surface area contributed by atoms with Gasteiger partial charge in [-0.2, -0.15) is 4.31 Å². The van der Waals surface area contributed by atoms with Crippen LogP contribution >= 0.6 is 0 Å². The molecular formula is C10H21NO4S. The zero-order valence-electron chi connectivity index (χ0n) is 10.3. The predicted octanol–water partition coefficient (Wildman–Crippen LogP) is 0.196. The average Bonchev–Trinajstić information content (AvgIpc) is 2.13. The summed E-state index contributed by atoms with van der Waals surface area (Å²) in [6, 6.07) is 0. The van der Waals surface area contributed by atoms with E-state index in [1.807, 2.05) is 20.8 Å². The maximum Gasteiger partial charge on any atom is 0.219 e. The Balaban J connectivity index is 2.88. The largest absolute Gasteiger partial charge is 0.395 e. The van der Waals surface area contributed by atoms with Crippen LogP contribution in [-0.2, 0) is 14.8 Å². The Morgan fingerprint density at radius 2 is 2.12 bits per heavy atom. The van der Waals surface area contributed by atoms with E-state index in [1.54, 1.807) is 0 Å². The fourth-order valence-corrected chi connectivity index (χ4v) is 3.54. The lowest BCUT2D eigenvalue weighted by atomic mass is 10.1. The van der Waals surface area contributed by atoms with Gasteiger partial charge >= 0.3 is 0 Å². The fourth-order valence-electron chi connectivity index (χ4n) is 1.94. The first kappa shape index (κ1) is 13.9. The molecule has 1 fully saturated rings. The first-order valence-corrected chi connectivity index (χ1v) is 6.97. The highest BCUT2D eigenvalue weighted by Crippen LogP contribution is 2.24. The van der Waals surface area contributed by atoms with Crippen molar-refractivity contribution < 1.29 is 18.3 Å². The summed E-state index contributed by atoms with van der Waals surface area (Å²) in [5, 5.41) is 8.20. The molecule has 0 aliphatic carbocycles. The maximum absolute atomic E-state index is 12.1. The molecule has 0 spiro atoms. The highest BCUT2D eigenvalue weighted by atomic mass is 32.2. The molecule has 0 aromatic carbocycles. The summed E-state index contributed by atoms with van der Waals surface area (Å²) >= 11 is 0. The molecule has 0 saturated carbocycles. The molecular weight excluding hydrogens is 230 g/mol. The second-order valence-electron chi connectivity index (χ2n) is 5.02. The third-order valence-electron chi connectivity index (χ3n) is 2.66. The molecule has 2 unspecified atom stereocenters. The minimum atomic E-state index is -3.41. The Bertz CT molecular complexity index is 339. The number of aliphatic hydroxyl groups excluding tert-OH is 1. The van der Waals surface area contributed by atoms with Gasteiger partial charge in [0.1, 0.15) is 0 Å². The Morgan fingerprint density at radius 3 is 2.56 bits per heavy atom. The quantitative estimate of drug-likeness (QED) is 0.778. The number of hydrogen-bond donors (Lipinski definition) is 1. The van der Waals surface area contributed by atoms with E-state index in [2.05, 4.69) is 0 Å². The van der Waals surface area contributed by atoms with E-state index in [9.17, 15) is 8.42 Å². The van der Waals surface area contributed by atoms with Crippen molar-refractivity contribution in [3.8, 4) is 0 Å². The summed E-state index contributed by atoms with van der Waals surface area (Å²) < 4.78 is 31.2. The van der Waals surface area contributed by atoms with E-state index < -0.39 is 20.9 Å². The molecule has 1 rings (SSSR count). The van der Waals surface area contributed by atoms with E-state index in [0.29, 0.717) is 13.1 Å². The average molecular weight is 251 g/mol. The molecule has 1 heterocycles. The van der Waals surface area contributed by atoms with E-state index in [-0.39, 0.29) is 12.7 Å². The standard InChI is InChI=1S/C10H21NO4S/c1-8-5-11(7-10(3,4)15-8)16(13,14)9(2)6-12/h8-9,12H,5-7H2,1-4H3. The highest BCUT2D eigenvalue weighted by Gasteiger charge is 2.39. The number of nitrogens with zero attached hydrogens (tertiary/aromatic N) is 1. The van der Waals surface area contributed by atoms with E-state index in [1.165, 1.54) is 11.2 Å². The van der Waals surface area contributed by atoms with Crippen LogP contribution in [-0.4, -0.2) is 54.5 Å². The summed E-state index contributed by atoms with van der Waals surface area (Å²) in [6.07, 6.45) is -0.121. The number of aliphatic hydroxyl groups is 1. The molecule has 0 aromatic heterocycles. The molecule has 0 bridgehead atoms. The van der Waals surface area contributed by atoms with Crippen molar-refractivity contribution in [1.82, 2.24) is 4.31 Å². The maximum atomic E-state index is 12.1. The zero-order valence-corrected chi connectivity index (χ0v) is 11.1. The monoisotopic (exact) mass is 251 g/mol. The van der Waals surface area contributed by atoms with Gasteiger partial charge in [-0.25, -0.2) is 8.42 Å². The number of hydrogen-bond acceptors (Lipinski definition) is 4. The smallest absolute Gasteiger partial charge is 0.219 e. The minimum Gasteiger partial charge on any atom is -0.395 e. The summed E-state index contributed by atoms with van der Waals surface area (Å²) in [5.41, 5.74) is -0.472. The number of rotatable bonds is 3. The van der Waals surface area contributed by atoms with Gasteiger partial charge in [0.2, 0.25) is 10.0 Å². The van der Waals surface area contributed by atoms with Crippen molar-refractivity contribution in [2.45, 2.75) is 44.6 Å². The van der Waals surface area contributed by atoms with Crippen molar-refractivity contribution in [3.63, 3.8) is 0 Å². The Kier molecular flexibility index (Phi) is 3.99. The van der Waals surface area contributed by atoms with Crippen molar-refractivity contribution in [3.05, 3.63) is 0 Å². The Labute approximate surface area is 97.4 Å². The van der Waals surface area contributed by atoms with Crippen LogP contribution in [0.15, 0.2) is 0 Å². The number of sulfonamides is 1. The third kappa shape index (κ3) is 2.94. The zero-order chi connectivity index (χ0) is 12.6. The lowest BCUT2D eigenvalue weighted by Crippen LogP contribution is -2.55. The number of morpholine rings is 1. The molecule has 1 aliphatic heterocycles. The van der Waals surface area contributed by atoms with Gasteiger partial charge in [-0.3, -0.25) is 0 Å². The molecule has 1 aliphatic rings. The molecule has 5 nitrogen and oxygen atoms in total. The topological polar surface area (TPSA) is 66.8 Å². The van der Waals surface area contributed by atoms with Crippen LogP contribution < -0.4 is 0 Å². The lowest BCUT2D eigenvalue weighted by molar-refractivity contribution is -0.109. The number of ether oxygens (including phenoxy) is 1. The lowest BCUT2D eigenvalue weighted by Gasteiger charge is -2.41.